The molecule has 0 saturated carbocycles. The van der Waals surface area contributed by atoms with Gasteiger partial charge in [0.05, 0.1) is 0 Å². The smallest absolute Gasteiger partial charge is 0.127 e. The maximum Gasteiger partial charge on any atom is 0.127 e. The summed E-state index contributed by atoms with van der Waals surface area (Å²) in [4.78, 5) is 2.41. The first-order valence-electron chi connectivity index (χ1n) is 8.03. The van der Waals surface area contributed by atoms with Gasteiger partial charge in [-0.1, -0.05) is 49.2 Å². The molecule has 3 heteroatoms. The molecule has 2 aromatic rings. The molecule has 0 aliphatic rings. The van der Waals surface area contributed by atoms with Gasteiger partial charge in [0.25, 0.3) is 0 Å². The van der Waals surface area contributed by atoms with Gasteiger partial charge in [0.15, 0.2) is 0 Å². The number of ether oxygens (including phenoxy) is 1. The van der Waals surface area contributed by atoms with Gasteiger partial charge in [0, 0.05) is 11.6 Å². The number of rotatable bonds is 7. The Balaban J connectivity index is 2.00. The third-order valence-corrected chi connectivity index (χ3v) is 3.96. The van der Waals surface area contributed by atoms with E-state index in [2.05, 4.69) is 43.9 Å². The minimum absolute atomic E-state index is 0.710. The molecule has 0 aliphatic heterocycles. The van der Waals surface area contributed by atoms with E-state index in [-0.39, 0.29) is 0 Å². The monoisotopic (exact) mass is 329 g/mol. The van der Waals surface area contributed by atoms with Crippen molar-refractivity contribution < 1.29 is 4.74 Å². The molecule has 0 aromatic heterocycles. The Hall–Kier alpha value is -1.77. The number of benzene rings is 2. The van der Waals surface area contributed by atoms with Crippen molar-refractivity contribution >= 4 is 17.7 Å². The van der Waals surface area contributed by atoms with Crippen LogP contribution in [0.25, 0.3) is 6.08 Å². The first kappa shape index (κ1) is 17.6. The molecular formula is C20H24ClNO. The van der Waals surface area contributed by atoms with E-state index in [1.54, 1.807) is 0 Å². The van der Waals surface area contributed by atoms with Gasteiger partial charge in [0.1, 0.15) is 11.5 Å². The molecule has 0 fully saturated rings. The van der Waals surface area contributed by atoms with Crippen molar-refractivity contribution in [2.75, 3.05) is 19.6 Å². The number of halogens is 1. The lowest BCUT2D eigenvalue weighted by atomic mass is 10.1. The number of hydrogen-bond acceptors (Lipinski definition) is 2. The maximum absolute atomic E-state index is 5.88. The molecule has 2 aromatic carbocycles. The van der Waals surface area contributed by atoms with Gasteiger partial charge in [0.2, 0.25) is 0 Å². The molecule has 0 unspecified atom stereocenters. The van der Waals surface area contributed by atoms with E-state index in [9.17, 15) is 0 Å². The quantitative estimate of drug-likeness (QED) is 0.629. The summed E-state index contributed by atoms with van der Waals surface area (Å²) < 4.78 is 5.81. The molecule has 23 heavy (non-hydrogen) atoms. The zero-order valence-electron chi connectivity index (χ0n) is 14.1. The van der Waals surface area contributed by atoms with Gasteiger partial charge in [-0.2, -0.15) is 0 Å². The summed E-state index contributed by atoms with van der Waals surface area (Å²) in [6, 6.07) is 15.5. The second-order valence-corrected chi connectivity index (χ2v) is 6.01. The second-order valence-electron chi connectivity index (χ2n) is 5.58. The Morgan fingerprint density at radius 2 is 1.48 bits per heavy atom. The van der Waals surface area contributed by atoms with Crippen LogP contribution in [-0.4, -0.2) is 24.5 Å². The fraction of sp³-hybridized carbons (Fsp3) is 0.300. The SMILES string of the molecule is CCN(CC)CC(C)=Cc1ccc(Oc2ccc(Cl)cc2)cc1. The van der Waals surface area contributed by atoms with Crippen molar-refractivity contribution in [3.05, 3.63) is 64.7 Å². The predicted molar refractivity (Wildman–Crippen MR) is 99.4 cm³/mol. The summed E-state index contributed by atoms with van der Waals surface area (Å²) >= 11 is 5.88. The van der Waals surface area contributed by atoms with Crippen LogP contribution < -0.4 is 4.74 Å². The molecule has 0 N–H and O–H groups in total. The van der Waals surface area contributed by atoms with Gasteiger partial charge in [-0.05, 0) is 62.0 Å². The lowest BCUT2D eigenvalue weighted by Gasteiger charge is -2.18. The summed E-state index contributed by atoms with van der Waals surface area (Å²) in [5, 5.41) is 0.710. The molecule has 0 heterocycles. The van der Waals surface area contributed by atoms with Crippen molar-refractivity contribution in [2.45, 2.75) is 20.8 Å². The van der Waals surface area contributed by atoms with Gasteiger partial charge in [-0.3, -0.25) is 4.90 Å². The van der Waals surface area contributed by atoms with E-state index in [0.29, 0.717) is 5.02 Å². The first-order valence-corrected chi connectivity index (χ1v) is 8.41. The Labute approximate surface area is 144 Å². The fourth-order valence-corrected chi connectivity index (χ4v) is 2.53. The van der Waals surface area contributed by atoms with Gasteiger partial charge in [-0.15, -0.1) is 0 Å². The van der Waals surface area contributed by atoms with Crippen LogP contribution in [0.2, 0.25) is 5.02 Å². The highest BCUT2D eigenvalue weighted by atomic mass is 35.5. The normalized spacial score (nSPS) is 11.8. The summed E-state index contributed by atoms with van der Waals surface area (Å²) in [5.74, 6) is 1.61. The lowest BCUT2D eigenvalue weighted by Crippen LogP contribution is -2.24. The van der Waals surface area contributed by atoms with E-state index in [1.165, 1.54) is 11.1 Å². The van der Waals surface area contributed by atoms with Crippen molar-refractivity contribution in [3.63, 3.8) is 0 Å². The third-order valence-electron chi connectivity index (χ3n) is 3.71. The molecule has 0 saturated heterocycles. The van der Waals surface area contributed by atoms with Crippen LogP contribution in [0.15, 0.2) is 54.1 Å². The largest absolute Gasteiger partial charge is 0.457 e. The van der Waals surface area contributed by atoms with Crippen LogP contribution in [0, 0.1) is 0 Å². The number of nitrogens with zero attached hydrogens (tertiary/aromatic N) is 1. The van der Waals surface area contributed by atoms with Crippen molar-refractivity contribution in [3.8, 4) is 11.5 Å². The lowest BCUT2D eigenvalue weighted by molar-refractivity contribution is 0.330. The summed E-state index contributed by atoms with van der Waals surface area (Å²) in [6.07, 6.45) is 2.23. The van der Waals surface area contributed by atoms with Crippen LogP contribution in [0.1, 0.15) is 26.3 Å². The molecule has 0 bridgehead atoms. The van der Waals surface area contributed by atoms with Crippen molar-refractivity contribution in [1.29, 1.82) is 0 Å². The van der Waals surface area contributed by atoms with E-state index in [0.717, 1.165) is 31.1 Å². The molecule has 0 spiro atoms. The second kappa shape index (κ2) is 8.76. The van der Waals surface area contributed by atoms with Crippen LogP contribution in [0.4, 0.5) is 0 Å². The standard InChI is InChI=1S/C20H24ClNO/c1-4-22(5-2)15-16(3)14-17-6-10-19(11-7-17)23-20-12-8-18(21)9-13-20/h6-14H,4-5,15H2,1-3H3. The molecule has 2 rings (SSSR count). The number of hydrogen-bond donors (Lipinski definition) is 0. The molecule has 0 radical (unpaired) electrons. The topological polar surface area (TPSA) is 12.5 Å². The Kier molecular flexibility index (Phi) is 6.69. The Morgan fingerprint density at radius 3 is 2.00 bits per heavy atom. The fourth-order valence-electron chi connectivity index (χ4n) is 2.40. The van der Waals surface area contributed by atoms with E-state index in [1.807, 2.05) is 36.4 Å². The molecule has 2 nitrogen and oxygen atoms in total. The van der Waals surface area contributed by atoms with Crippen LogP contribution >= 0.6 is 11.6 Å². The summed E-state index contributed by atoms with van der Waals surface area (Å²) in [5.41, 5.74) is 2.55. The van der Waals surface area contributed by atoms with Crippen molar-refractivity contribution in [1.82, 2.24) is 4.90 Å². The van der Waals surface area contributed by atoms with Gasteiger partial charge >= 0.3 is 0 Å². The van der Waals surface area contributed by atoms with Crippen LogP contribution in [-0.2, 0) is 0 Å². The van der Waals surface area contributed by atoms with E-state index < -0.39 is 0 Å². The average molecular weight is 330 g/mol. The van der Waals surface area contributed by atoms with Gasteiger partial charge < -0.3 is 4.74 Å². The van der Waals surface area contributed by atoms with Crippen molar-refractivity contribution in [2.24, 2.45) is 0 Å². The highest BCUT2D eigenvalue weighted by Crippen LogP contribution is 2.23. The van der Waals surface area contributed by atoms with E-state index >= 15 is 0 Å². The highest BCUT2D eigenvalue weighted by molar-refractivity contribution is 6.30. The Bertz CT molecular complexity index is 628. The number of likely N-dealkylation sites (N-methyl/N-ethyl adjacent to an activating group) is 1. The molecular weight excluding hydrogens is 306 g/mol. The predicted octanol–water partition coefficient (Wildman–Crippen LogP) is 5.88. The summed E-state index contributed by atoms with van der Waals surface area (Å²) in [6.45, 7) is 9.73. The van der Waals surface area contributed by atoms with Crippen LogP contribution in [0.5, 0.6) is 11.5 Å². The minimum atomic E-state index is 0.710. The maximum atomic E-state index is 5.88. The first-order chi connectivity index (χ1) is 11.1. The molecule has 0 aliphatic carbocycles. The summed E-state index contributed by atoms with van der Waals surface area (Å²) in [7, 11) is 0. The van der Waals surface area contributed by atoms with Gasteiger partial charge in [-0.25, -0.2) is 0 Å². The zero-order chi connectivity index (χ0) is 16.7. The molecule has 122 valence electrons. The van der Waals surface area contributed by atoms with E-state index in [4.69, 9.17) is 16.3 Å². The third kappa shape index (κ3) is 5.74. The molecule has 0 amide bonds. The molecule has 0 atom stereocenters. The average Bonchev–Trinajstić information content (AvgIpc) is 2.56. The highest BCUT2D eigenvalue weighted by Gasteiger charge is 2.01. The minimum Gasteiger partial charge on any atom is -0.457 e. The zero-order valence-corrected chi connectivity index (χ0v) is 14.8. The Morgan fingerprint density at radius 1 is 0.957 bits per heavy atom. The van der Waals surface area contributed by atoms with Crippen LogP contribution in [0.3, 0.4) is 0 Å².